The molecule has 1 aromatic carbocycles. The van der Waals surface area contributed by atoms with Crippen molar-refractivity contribution in [3.63, 3.8) is 0 Å². The van der Waals surface area contributed by atoms with E-state index in [0.717, 1.165) is 0 Å². The minimum Gasteiger partial charge on any atom is -0.366 e. The summed E-state index contributed by atoms with van der Waals surface area (Å²) in [4.78, 5) is 35.7. The van der Waals surface area contributed by atoms with E-state index in [2.05, 4.69) is 10.6 Å². The van der Waals surface area contributed by atoms with Crippen LogP contribution in [0.15, 0.2) is 35.7 Å². The average molecular weight is 345 g/mol. The van der Waals surface area contributed by atoms with Gasteiger partial charge in [0.25, 0.3) is 5.91 Å². The van der Waals surface area contributed by atoms with Crippen molar-refractivity contribution in [2.75, 3.05) is 11.9 Å². The van der Waals surface area contributed by atoms with Crippen molar-refractivity contribution in [1.29, 1.82) is 0 Å². The zero-order valence-electron chi connectivity index (χ0n) is 13.3. The maximum Gasteiger partial charge on any atom is 0.261 e. The molecule has 0 atom stereocenters. The third kappa shape index (κ3) is 4.66. The molecule has 24 heavy (non-hydrogen) atoms. The highest BCUT2D eigenvalue weighted by molar-refractivity contribution is 7.12. The van der Waals surface area contributed by atoms with E-state index in [1.54, 1.807) is 31.2 Å². The first-order chi connectivity index (χ1) is 11.5. The molecule has 6 nitrogen and oxygen atoms in total. The van der Waals surface area contributed by atoms with Crippen molar-refractivity contribution in [3.05, 3.63) is 51.7 Å². The summed E-state index contributed by atoms with van der Waals surface area (Å²) in [5.41, 5.74) is 6.89. The number of benzene rings is 1. The standard InChI is InChI=1S/C17H19N3O3S/c1-11-12(16(18)22)5-2-6-13(11)20-15(21)8-3-9-19-17(23)14-7-4-10-24-14/h2,4-7,10H,3,8-9H2,1H3,(H2,18,22)(H,19,23)(H,20,21). The van der Waals surface area contributed by atoms with E-state index in [1.807, 2.05) is 11.4 Å². The first-order valence-electron chi connectivity index (χ1n) is 7.50. The van der Waals surface area contributed by atoms with Gasteiger partial charge in [-0.3, -0.25) is 14.4 Å². The van der Waals surface area contributed by atoms with Gasteiger partial charge in [0.1, 0.15) is 0 Å². The summed E-state index contributed by atoms with van der Waals surface area (Å²) in [5, 5.41) is 7.37. The molecule has 0 unspecified atom stereocenters. The summed E-state index contributed by atoms with van der Waals surface area (Å²) >= 11 is 1.37. The maximum absolute atomic E-state index is 12.0. The first kappa shape index (κ1) is 17.7. The maximum atomic E-state index is 12.0. The zero-order chi connectivity index (χ0) is 17.5. The summed E-state index contributed by atoms with van der Waals surface area (Å²) in [6.45, 7) is 2.15. The monoisotopic (exact) mass is 345 g/mol. The number of nitrogens with two attached hydrogens (primary N) is 1. The Balaban J connectivity index is 1.79. The molecule has 2 rings (SSSR count). The molecule has 1 heterocycles. The van der Waals surface area contributed by atoms with Crippen LogP contribution in [0.3, 0.4) is 0 Å². The molecule has 0 radical (unpaired) electrons. The van der Waals surface area contributed by atoms with Gasteiger partial charge in [-0.1, -0.05) is 12.1 Å². The van der Waals surface area contributed by atoms with Gasteiger partial charge >= 0.3 is 0 Å². The minimum absolute atomic E-state index is 0.129. The molecular weight excluding hydrogens is 326 g/mol. The largest absolute Gasteiger partial charge is 0.366 e. The smallest absolute Gasteiger partial charge is 0.261 e. The number of nitrogens with one attached hydrogen (secondary N) is 2. The lowest BCUT2D eigenvalue weighted by molar-refractivity contribution is -0.116. The van der Waals surface area contributed by atoms with Crippen LogP contribution in [0, 0.1) is 6.92 Å². The molecule has 0 spiro atoms. The molecule has 1 aromatic heterocycles. The van der Waals surface area contributed by atoms with E-state index in [1.165, 1.54) is 11.3 Å². The molecule has 3 amide bonds. The van der Waals surface area contributed by atoms with Crippen LogP contribution in [0.2, 0.25) is 0 Å². The van der Waals surface area contributed by atoms with Crippen LogP contribution in [0.4, 0.5) is 5.69 Å². The quantitative estimate of drug-likeness (QED) is 0.671. The molecule has 0 saturated carbocycles. The molecular formula is C17H19N3O3S. The summed E-state index contributed by atoms with van der Waals surface area (Å²) < 4.78 is 0. The molecule has 0 aliphatic rings. The summed E-state index contributed by atoms with van der Waals surface area (Å²) in [5.74, 6) is -0.833. The van der Waals surface area contributed by atoms with Gasteiger partial charge in [0.05, 0.1) is 4.88 Å². The number of rotatable bonds is 7. The highest BCUT2D eigenvalue weighted by Crippen LogP contribution is 2.18. The van der Waals surface area contributed by atoms with Crippen LogP contribution in [-0.4, -0.2) is 24.3 Å². The number of carbonyl (C=O) groups is 3. The number of anilines is 1. The summed E-state index contributed by atoms with van der Waals surface area (Å²) in [6.07, 6.45) is 0.794. The lowest BCUT2D eigenvalue weighted by Gasteiger charge is -2.11. The van der Waals surface area contributed by atoms with Gasteiger partial charge in [-0.25, -0.2) is 0 Å². The average Bonchev–Trinajstić information content (AvgIpc) is 3.07. The van der Waals surface area contributed by atoms with Crippen LogP contribution in [-0.2, 0) is 4.79 Å². The van der Waals surface area contributed by atoms with E-state index < -0.39 is 5.91 Å². The van der Waals surface area contributed by atoms with E-state index in [0.29, 0.717) is 34.7 Å². The number of amides is 3. The molecule has 0 aliphatic carbocycles. The highest BCUT2D eigenvalue weighted by Gasteiger charge is 2.11. The molecule has 0 fully saturated rings. The van der Waals surface area contributed by atoms with Gasteiger partial charge in [-0.2, -0.15) is 0 Å². The Hall–Kier alpha value is -2.67. The molecule has 126 valence electrons. The van der Waals surface area contributed by atoms with Crippen LogP contribution >= 0.6 is 11.3 Å². The van der Waals surface area contributed by atoms with Crippen LogP contribution in [0.25, 0.3) is 0 Å². The van der Waals surface area contributed by atoms with Crippen molar-refractivity contribution in [2.24, 2.45) is 5.73 Å². The Kier molecular flexibility index (Phi) is 6.08. The van der Waals surface area contributed by atoms with E-state index in [-0.39, 0.29) is 18.2 Å². The number of hydrogen-bond acceptors (Lipinski definition) is 4. The van der Waals surface area contributed by atoms with Gasteiger partial charge in [0.2, 0.25) is 11.8 Å². The number of thiophene rings is 1. The van der Waals surface area contributed by atoms with Gasteiger partial charge in [0.15, 0.2) is 0 Å². The third-order valence-corrected chi connectivity index (χ3v) is 4.35. The van der Waals surface area contributed by atoms with Crippen LogP contribution < -0.4 is 16.4 Å². The fourth-order valence-electron chi connectivity index (χ4n) is 2.20. The predicted octanol–water partition coefficient (Wildman–Crippen LogP) is 2.30. The lowest BCUT2D eigenvalue weighted by atomic mass is 10.1. The van der Waals surface area contributed by atoms with Crippen molar-refractivity contribution in [2.45, 2.75) is 19.8 Å². The summed E-state index contributed by atoms with van der Waals surface area (Å²) in [6, 6.07) is 8.58. The molecule has 2 aromatic rings. The minimum atomic E-state index is -0.528. The van der Waals surface area contributed by atoms with Crippen molar-refractivity contribution >= 4 is 34.7 Å². The second-order valence-electron chi connectivity index (χ2n) is 5.23. The molecule has 0 saturated heterocycles. The zero-order valence-corrected chi connectivity index (χ0v) is 14.1. The van der Waals surface area contributed by atoms with Crippen LogP contribution in [0.1, 0.15) is 38.4 Å². The van der Waals surface area contributed by atoms with Crippen molar-refractivity contribution in [1.82, 2.24) is 5.32 Å². The second-order valence-corrected chi connectivity index (χ2v) is 6.18. The lowest BCUT2D eigenvalue weighted by Crippen LogP contribution is -2.24. The number of hydrogen-bond donors (Lipinski definition) is 3. The van der Waals surface area contributed by atoms with Gasteiger partial charge in [-0.15, -0.1) is 11.3 Å². The Morgan fingerprint density at radius 1 is 1.17 bits per heavy atom. The topological polar surface area (TPSA) is 101 Å². The fraction of sp³-hybridized carbons (Fsp3) is 0.235. The van der Waals surface area contributed by atoms with Gasteiger partial charge < -0.3 is 16.4 Å². The normalized spacial score (nSPS) is 10.2. The Labute approximate surface area is 144 Å². The Morgan fingerprint density at radius 3 is 2.62 bits per heavy atom. The van der Waals surface area contributed by atoms with E-state index in [9.17, 15) is 14.4 Å². The molecule has 0 bridgehead atoms. The molecule has 7 heteroatoms. The molecule has 4 N–H and O–H groups in total. The van der Waals surface area contributed by atoms with Crippen molar-refractivity contribution < 1.29 is 14.4 Å². The van der Waals surface area contributed by atoms with Gasteiger partial charge in [-0.05, 0) is 42.5 Å². The number of primary amides is 1. The highest BCUT2D eigenvalue weighted by atomic mass is 32.1. The fourth-order valence-corrected chi connectivity index (χ4v) is 2.84. The molecule has 0 aliphatic heterocycles. The SMILES string of the molecule is Cc1c(NC(=O)CCCNC(=O)c2cccs2)cccc1C(N)=O. The van der Waals surface area contributed by atoms with E-state index >= 15 is 0 Å². The Morgan fingerprint density at radius 2 is 1.96 bits per heavy atom. The predicted molar refractivity (Wildman–Crippen MR) is 94.2 cm³/mol. The second kappa shape index (κ2) is 8.26. The number of carbonyl (C=O) groups excluding carboxylic acids is 3. The Bertz CT molecular complexity index is 742. The summed E-state index contributed by atoms with van der Waals surface area (Å²) in [7, 11) is 0. The third-order valence-electron chi connectivity index (χ3n) is 3.48. The van der Waals surface area contributed by atoms with Crippen molar-refractivity contribution in [3.8, 4) is 0 Å². The van der Waals surface area contributed by atoms with E-state index in [4.69, 9.17) is 5.73 Å². The van der Waals surface area contributed by atoms with Gasteiger partial charge in [0, 0.05) is 24.2 Å². The first-order valence-corrected chi connectivity index (χ1v) is 8.38. The van der Waals surface area contributed by atoms with Crippen LogP contribution in [0.5, 0.6) is 0 Å².